The Morgan fingerprint density at radius 2 is 1.68 bits per heavy atom. The summed E-state index contributed by atoms with van der Waals surface area (Å²) in [5.74, 6) is -0.296. The van der Waals surface area contributed by atoms with Gasteiger partial charge in [-0.25, -0.2) is 9.18 Å². The maximum absolute atomic E-state index is 14.6. The summed E-state index contributed by atoms with van der Waals surface area (Å²) in [6.45, 7) is 7.85. The van der Waals surface area contributed by atoms with E-state index in [1.807, 2.05) is 45.0 Å². The Balaban J connectivity index is 1.77. The van der Waals surface area contributed by atoms with E-state index >= 15 is 0 Å². The predicted octanol–water partition coefficient (Wildman–Crippen LogP) is 4.84. The lowest BCUT2D eigenvalue weighted by molar-refractivity contribution is 0.0369. The van der Waals surface area contributed by atoms with E-state index < -0.39 is 17.2 Å². The molecule has 1 N–H and O–H groups in total. The second-order valence-corrected chi connectivity index (χ2v) is 8.45. The van der Waals surface area contributed by atoms with Gasteiger partial charge in [0.05, 0.1) is 5.54 Å². The van der Waals surface area contributed by atoms with E-state index in [1.165, 1.54) is 11.6 Å². The van der Waals surface area contributed by atoms with Gasteiger partial charge >= 0.3 is 6.09 Å². The fourth-order valence-electron chi connectivity index (χ4n) is 3.74. The maximum atomic E-state index is 14.6. The molecule has 3 rings (SSSR count). The van der Waals surface area contributed by atoms with Crippen molar-refractivity contribution in [3.05, 3.63) is 71.5 Å². The molecule has 28 heavy (non-hydrogen) atoms. The van der Waals surface area contributed by atoms with Crippen LogP contribution in [0.2, 0.25) is 0 Å². The third kappa shape index (κ3) is 5.10. The summed E-state index contributed by atoms with van der Waals surface area (Å²) in [4.78, 5) is 14.9. The number of nitrogens with one attached hydrogen (secondary N) is 1. The van der Waals surface area contributed by atoms with Crippen LogP contribution in [0.25, 0.3) is 0 Å². The Morgan fingerprint density at radius 1 is 1.07 bits per heavy atom. The molecule has 2 aromatic rings. The molecule has 0 bridgehead atoms. The number of nitrogens with zero attached hydrogens (tertiary/aromatic N) is 1. The average molecular weight is 384 g/mol. The van der Waals surface area contributed by atoms with Gasteiger partial charge in [-0.05, 0) is 45.2 Å². The number of carbonyl (C=O) groups is 1. The number of halogens is 1. The van der Waals surface area contributed by atoms with Gasteiger partial charge in [0.2, 0.25) is 0 Å². The summed E-state index contributed by atoms with van der Waals surface area (Å²) in [5, 5.41) is 3.00. The van der Waals surface area contributed by atoms with Crippen LogP contribution in [-0.2, 0) is 16.8 Å². The first-order valence-electron chi connectivity index (χ1n) is 9.80. The molecule has 1 aliphatic rings. The maximum Gasteiger partial charge on any atom is 0.408 e. The van der Waals surface area contributed by atoms with Crippen LogP contribution in [0.4, 0.5) is 9.18 Å². The Hall–Kier alpha value is -2.40. The second-order valence-electron chi connectivity index (χ2n) is 8.45. The summed E-state index contributed by atoms with van der Waals surface area (Å²) in [6, 6.07) is 17.0. The lowest BCUT2D eigenvalue weighted by Gasteiger charge is -2.43. The molecule has 5 heteroatoms. The van der Waals surface area contributed by atoms with Crippen LogP contribution in [0.5, 0.6) is 0 Å². The third-order valence-corrected chi connectivity index (χ3v) is 5.09. The molecule has 0 aromatic heterocycles. The average Bonchev–Trinajstić information content (AvgIpc) is 2.63. The van der Waals surface area contributed by atoms with E-state index in [2.05, 4.69) is 22.3 Å². The molecule has 0 aliphatic carbocycles. The zero-order valence-corrected chi connectivity index (χ0v) is 16.9. The second kappa shape index (κ2) is 8.31. The quantitative estimate of drug-likeness (QED) is 0.820. The molecule has 0 saturated carbocycles. The number of alkyl carbamates (subject to hydrolysis) is 1. The molecule has 1 amide bonds. The minimum Gasteiger partial charge on any atom is -0.444 e. The van der Waals surface area contributed by atoms with Crippen LogP contribution >= 0.6 is 0 Å². The van der Waals surface area contributed by atoms with Crippen LogP contribution in [0, 0.1) is 5.82 Å². The van der Waals surface area contributed by atoms with Crippen molar-refractivity contribution in [1.82, 2.24) is 10.2 Å². The first-order valence-corrected chi connectivity index (χ1v) is 9.80. The number of hydrogen-bond donors (Lipinski definition) is 1. The molecule has 1 saturated heterocycles. The SMILES string of the molecule is CC(C)(C)OC(=O)NC1(c2ccccc2F)CCN(Cc2ccccc2)CC1. The highest BCUT2D eigenvalue weighted by molar-refractivity contribution is 5.69. The number of benzene rings is 2. The summed E-state index contributed by atoms with van der Waals surface area (Å²) >= 11 is 0. The van der Waals surface area contributed by atoms with Crippen LogP contribution in [0.1, 0.15) is 44.7 Å². The molecule has 1 heterocycles. The van der Waals surface area contributed by atoms with Crippen molar-refractivity contribution in [2.75, 3.05) is 13.1 Å². The van der Waals surface area contributed by atoms with Crippen molar-refractivity contribution in [3.8, 4) is 0 Å². The highest BCUT2D eigenvalue weighted by Gasteiger charge is 2.40. The molecule has 1 aliphatic heterocycles. The fourth-order valence-corrected chi connectivity index (χ4v) is 3.74. The first kappa shape index (κ1) is 20.3. The van der Waals surface area contributed by atoms with E-state index in [4.69, 9.17) is 4.74 Å². The van der Waals surface area contributed by atoms with E-state index in [0.717, 1.165) is 19.6 Å². The van der Waals surface area contributed by atoms with Crippen molar-refractivity contribution in [1.29, 1.82) is 0 Å². The van der Waals surface area contributed by atoms with Gasteiger partial charge in [0.1, 0.15) is 11.4 Å². The largest absolute Gasteiger partial charge is 0.444 e. The lowest BCUT2D eigenvalue weighted by Crippen LogP contribution is -2.54. The normalized spacial score (nSPS) is 17.1. The standard InChI is InChI=1S/C23H29FN2O2/c1-22(2,3)28-21(27)25-23(19-11-7-8-12-20(19)24)13-15-26(16-14-23)17-18-9-5-4-6-10-18/h4-12H,13-17H2,1-3H3,(H,25,27). The lowest BCUT2D eigenvalue weighted by atomic mass is 9.80. The van der Waals surface area contributed by atoms with E-state index in [-0.39, 0.29) is 5.82 Å². The molecular formula is C23H29FN2O2. The van der Waals surface area contributed by atoms with Crippen LogP contribution in [-0.4, -0.2) is 29.7 Å². The number of rotatable bonds is 4. The third-order valence-electron chi connectivity index (χ3n) is 5.09. The van der Waals surface area contributed by atoms with Crippen LogP contribution < -0.4 is 5.32 Å². The summed E-state index contributed by atoms with van der Waals surface area (Å²) in [7, 11) is 0. The highest BCUT2D eigenvalue weighted by atomic mass is 19.1. The molecule has 0 radical (unpaired) electrons. The Morgan fingerprint density at radius 3 is 2.29 bits per heavy atom. The molecule has 0 spiro atoms. The highest BCUT2D eigenvalue weighted by Crippen LogP contribution is 2.35. The Kier molecular flexibility index (Phi) is 6.04. The molecule has 150 valence electrons. The number of likely N-dealkylation sites (tertiary alicyclic amines) is 1. The Labute approximate surface area is 166 Å². The Bertz CT molecular complexity index is 794. The number of piperidine rings is 1. The van der Waals surface area contributed by atoms with Crippen molar-refractivity contribution < 1.29 is 13.9 Å². The van der Waals surface area contributed by atoms with Gasteiger partial charge in [-0.2, -0.15) is 0 Å². The number of amides is 1. The molecule has 2 aromatic carbocycles. The smallest absolute Gasteiger partial charge is 0.408 e. The number of carbonyl (C=O) groups excluding carboxylic acids is 1. The van der Waals surface area contributed by atoms with Gasteiger partial charge in [0.25, 0.3) is 0 Å². The predicted molar refractivity (Wildman–Crippen MR) is 108 cm³/mol. The van der Waals surface area contributed by atoms with Crippen LogP contribution in [0.15, 0.2) is 54.6 Å². The molecule has 4 nitrogen and oxygen atoms in total. The minimum absolute atomic E-state index is 0.296. The first-order chi connectivity index (χ1) is 13.3. The van der Waals surface area contributed by atoms with Gasteiger partial charge in [-0.15, -0.1) is 0 Å². The molecular weight excluding hydrogens is 355 g/mol. The molecule has 0 atom stereocenters. The monoisotopic (exact) mass is 384 g/mol. The van der Waals surface area contributed by atoms with Gasteiger partial charge < -0.3 is 10.1 Å². The van der Waals surface area contributed by atoms with Crippen LogP contribution in [0.3, 0.4) is 0 Å². The van der Waals surface area contributed by atoms with E-state index in [9.17, 15) is 9.18 Å². The van der Waals surface area contributed by atoms with Gasteiger partial charge in [-0.1, -0.05) is 48.5 Å². The van der Waals surface area contributed by atoms with Crippen molar-refractivity contribution in [2.45, 2.75) is 51.3 Å². The summed E-state index contributed by atoms with van der Waals surface area (Å²) in [6.07, 6.45) is 0.743. The van der Waals surface area contributed by atoms with Gasteiger partial charge in [-0.3, -0.25) is 4.90 Å². The molecule has 0 unspecified atom stereocenters. The van der Waals surface area contributed by atoms with E-state index in [1.54, 1.807) is 12.1 Å². The summed E-state index contributed by atoms with van der Waals surface area (Å²) in [5.41, 5.74) is 0.413. The van der Waals surface area contributed by atoms with Crippen molar-refractivity contribution >= 4 is 6.09 Å². The number of ether oxygens (including phenoxy) is 1. The van der Waals surface area contributed by atoms with Gasteiger partial charge in [0, 0.05) is 25.2 Å². The summed E-state index contributed by atoms with van der Waals surface area (Å²) < 4.78 is 20.1. The minimum atomic E-state index is -0.763. The fraction of sp³-hybridized carbons (Fsp3) is 0.435. The van der Waals surface area contributed by atoms with Gasteiger partial charge in [0.15, 0.2) is 0 Å². The van der Waals surface area contributed by atoms with Crippen molar-refractivity contribution in [3.63, 3.8) is 0 Å². The zero-order chi connectivity index (χ0) is 20.2. The zero-order valence-electron chi connectivity index (χ0n) is 16.9. The topological polar surface area (TPSA) is 41.6 Å². The molecule has 1 fully saturated rings. The number of hydrogen-bond acceptors (Lipinski definition) is 3. The van der Waals surface area contributed by atoms with Crippen molar-refractivity contribution in [2.24, 2.45) is 0 Å². The van der Waals surface area contributed by atoms with E-state index in [0.29, 0.717) is 18.4 Å².